The van der Waals surface area contributed by atoms with Gasteiger partial charge in [-0.3, -0.25) is 0 Å². The summed E-state index contributed by atoms with van der Waals surface area (Å²) in [4.78, 5) is 21.9. The molecule has 0 saturated heterocycles. The zero-order chi connectivity index (χ0) is 21.6. The van der Waals surface area contributed by atoms with Crippen molar-refractivity contribution >= 4 is 22.9 Å². The number of hydrogen-bond donors (Lipinski definition) is 2. The SMILES string of the molecule is COc1ccc(OC)c(NC(=O)NCCc2nc3cccnc3n2C2CCCCC2)c1. The molecule has 31 heavy (non-hydrogen) atoms. The third-order valence-corrected chi connectivity index (χ3v) is 5.75. The van der Waals surface area contributed by atoms with Gasteiger partial charge in [0.2, 0.25) is 0 Å². The Labute approximate surface area is 182 Å². The average Bonchev–Trinajstić information content (AvgIpc) is 3.17. The van der Waals surface area contributed by atoms with Crippen molar-refractivity contribution in [1.29, 1.82) is 0 Å². The van der Waals surface area contributed by atoms with Crippen LogP contribution in [0.5, 0.6) is 11.5 Å². The highest BCUT2D eigenvalue weighted by atomic mass is 16.5. The zero-order valence-corrected chi connectivity index (χ0v) is 18.1. The van der Waals surface area contributed by atoms with Crippen molar-refractivity contribution in [3.05, 3.63) is 42.4 Å². The van der Waals surface area contributed by atoms with E-state index in [1.165, 1.54) is 19.3 Å². The number of carbonyl (C=O) groups is 1. The lowest BCUT2D eigenvalue weighted by atomic mass is 9.95. The first kappa shape index (κ1) is 21.0. The number of amides is 2. The van der Waals surface area contributed by atoms with E-state index in [4.69, 9.17) is 14.5 Å². The number of methoxy groups -OCH3 is 2. The lowest BCUT2D eigenvalue weighted by molar-refractivity contribution is 0.252. The van der Waals surface area contributed by atoms with Gasteiger partial charge < -0.3 is 24.7 Å². The number of pyridine rings is 1. The number of fused-ring (bicyclic) bond motifs is 1. The molecule has 8 heteroatoms. The Bertz CT molecular complexity index is 1040. The maximum Gasteiger partial charge on any atom is 0.319 e. The molecule has 2 heterocycles. The van der Waals surface area contributed by atoms with Crippen LogP contribution in [0.25, 0.3) is 11.2 Å². The van der Waals surface area contributed by atoms with E-state index in [1.807, 2.05) is 18.3 Å². The molecule has 0 unspecified atom stereocenters. The summed E-state index contributed by atoms with van der Waals surface area (Å²) in [5.74, 6) is 2.19. The molecule has 0 spiro atoms. The van der Waals surface area contributed by atoms with Gasteiger partial charge in [0, 0.05) is 31.3 Å². The van der Waals surface area contributed by atoms with E-state index in [1.54, 1.807) is 32.4 Å². The fourth-order valence-electron chi connectivity index (χ4n) is 4.24. The van der Waals surface area contributed by atoms with E-state index in [0.717, 1.165) is 29.8 Å². The number of nitrogens with one attached hydrogen (secondary N) is 2. The first-order valence-corrected chi connectivity index (χ1v) is 10.8. The molecule has 1 aliphatic carbocycles. The molecule has 3 aromatic rings. The second-order valence-electron chi connectivity index (χ2n) is 7.73. The molecule has 1 aromatic carbocycles. The van der Waals surface area contributed by atoms with Crippen molar-refractivity contribution in [3.63, 3.8) is 0 Å². The average molecular weight is 424 g/mol. The molecule has 0 aliphatic heterocycles. The monoisotopic (exact) mass is 423 g/mol. The third-order valence-electron chi connectivity index (χ3n) is 5.75. The van der Waals surface area contributed by atoms with Crippen LogP contribution in [0.4, 0.5) is 10.5 Å². The summed E-state index contributed by atoms with van der Waals surface area (Å²) in [5.41, 5.74) is 2.40. The van der Waals surface area contributed by atoms with Gasteiger partial charge in [0.05, 0.1) is 19.9 Å². The first-order chi connectivity index (χ1) is 15.2. The van der Waals surface area contributed by atoms with Crippen LogP contribution in [0.1, 0.15) is 44.0 Å². The van der Waals surface area contributed by atoms with Crippen LogP contribution in [0, 0.1) is 0 Å². The molecule has 2 amide bonds. The second kappa shape index (κ2) is 9.68. The van der Waals surface area contributed by atoms with Crippen LogP contribution in [0.15, 0.2) is 36.5 Å². The number of carbonyl (C=O) groups excluding carboxylic acids is 1. The number of hydrogen-bond acceptors (Lipinski definition) is 5. The van der Waals surface area contributed by atoms with Crippen molar-refractivity contribution in [2.45, 2.75) is 44.6 Å². The summed E-state index contributed by atoms with van der Waals surface area (Å²) in [5, 5.41) is 5.76. The minimum Gasteiger partial charge on any atom is -0.497 e. The van der Waals surface area contributed by atoms with Crippen LogP contribution >= 0.6 is 0 Å². The van der Waals surface area contributed by atoms with Gasteiger partial charge >= 0.3 is 6.03 Å². The van der Waals surface area contributed by atoms with E-state index in [2.05, 4.69) is 20.2 Å². The summed E-state index contributed by atoms with van der Waals surface area (Å²) in [6.07, 6.45) is 8.52. The Balaban J connectivity index is 1.43. The number of benzene rings is 1. The van der Waals surface area contributed by atoms with Gasteiger partial charge in [-0.2, -0.15) is 0 Å². The molecule has 1 saturated carbocycles. The normalized spacial score (nSPS) is 14.4. The van der Waals surface area contributed by atoms with Gasteiger partial charge in [-0.1, -0.05) is 19.3 Å². The zero-order valence-electron chi connectivity index (χ0n) is 18.1. The maximum absolute atomic E-state index is 12.5. The highest BCUT2D eigenvalue weighted by molar-refractivity contribution is 5.91. The van der Waals surface area contributed by atoms with Crippen molar-refractivity contribution in [2.75, 3.05) is 26.1 Å². The minimum absolute atomic E-state index is 0.301. The summed E-state index contributed by atoms with van der Waals surface area (Å²) >= 11 is 0. The van der Waals surface area contributed by atoms with Crippen LogP contribution in [0.2, 0.25) is 0 Å². The number of ether oxygens (including phenoxy) is 2. The molecule has 0 radical (unpaired) electrons. The molecule has 4 rings (SSSR count). The number of rotatable bonds is 7. The molecule has 1 fully saturated rings. The van der Waals surface area contributed by atoms with Gasteiger partial charge in [-0.25, -0.2) is 14.8 Å². The van der Waals surface area contributed by atoms with Crippen LogP contribution in [-0.4, -0.2) is 41.3 Å². The predicted octanol–water partition coefficient (Wildman–Crippen LogP) is 4.32. The fourth-order valence-corrected chi connectivity index (χ4v) is 4.24. The number of anilines is 1. The van der Waals surface area contributed by atoms with Crippen molar-refractivity contribution in [1.82, 2.24) is 19.9 Å². The van der Waals surface area contributed by atoms with E-state index in [0.29, 0.717) is 36.2 Å². The Morgan fingerprint density at radius 3 is 2.77 bits per heavy atom. The van der Waals surface area contributed by atoms with Crippen LogP contribution < -0.4 is 20.1 Å². The number of nitrogens with zero attached hydrogens (tertiary/aromatic N) is 3. The lowest BCUT2D eigenvalue weighted by Gasteiger charge is -2.25. The molecule has 8 nitrogen and oxygen atoms in total. The first-order valence-electron chi connectivity index (χ1n) is 10.8. The summed E-state index contributed by atoms with van der Waals surface area (Å²) in [6.45, 7) is 0.466. The van der Waals surface area contributed by atoms with E-state index < -0.39 is 0 Å². The Morgan fingerprint density at radius 2 is 2.00 bits per heavy atom. The maximum atomic E-state index is 12.5. The number of imidazole rings is 1. The molecule has 0 bridgehead atoms. The molecule has 2 aromatic heterocycles. The molecule has 164 valence electrons. The second-order valence-corrected chi connectivity index (χ2v) is 7.73. The van der Waals surface area contributed by atoms with Gasteiger partial charge in [-0.15, -0.1) is 0 Å². The standard InChI is InChI=1S/C23H29N5O3/c1-30-17-10-11-20(31-2)19(15-17)27-23(29)25-14-12-21-26-18-9-6-13-24-22(18)28(21)16-7-4-3-5-8-16/h6,9-11,13,15-16H,3-5,7-8,12,14H2,1-2H3,(H2,25,27,29). The Kier molecular flexibility index (Phi) is 6.54. The van der Waals surface area contributed by atoms with Crippen LogP contribution in [-0.2, 0) is 6.42 Å². The van der Waals surface area contributed by atoms with Gasteiger partial charge in [0.15, 0.2) is 5.65 Å². The van der Waals surface area contributed by atoms with Gasteiger partial charge in [0.25, 0.3) is 0 Å². The third kappa shape index (κ3) is 4.73. The highest BCUT2D eigenvalue weighted by Crippen LogP contribution is 2.32. The minimum atomic E-state index is -0.301. The van der Waals surface area contributed by atoms with Crippen molar-refractivity contribution in [2.24, 2.45) is 0 Å². The van der Waals surface area contributed by atoms with E-state index in [9.17, 15) is 4.79 Å². The smallest absolute Gasteiger partial charge is 0.319 e. The van der Waals surface area contributed by atoms with Crippen molar-refractivity contribution in [3.8, 4) is 11.5 Å². The Hall–Kier alpha value is -3.29. The summed E-state index contributed by atoms with van der Waals surface area (Å²) < 4.78 is 12.8. The molecule has 2 N–H and O–H groups in total. The fraction of sp³-hybridized carbons (Fsp3) is 0.435. The largest absolute Gasteiger partial charge is 0.497 e. The number of urea groups is 1. The molecular formula is C23H29N5O3. The molecule has 1 aliphatic rings. The quantitative estimate of drug-likeness (QED) is 0.591. The van der Waals surface area contributed by atoms with Crippen molar-refractivity contribution < 1.29 is 14.3 Å². The summed E-state index contributed by atoms with van der Waals surface area (Å²) in [6, 6.07) is 9.31. The van der Waals surface area contributed by atoms with Gasteiger partial charge in [0.1, 0.15) is 22.8 Å². The lowest BCUT2D eigenvalue weighted by Crippen LogP contribution is -2.31. The topological polar surface area (TPSA) is 90.3 Å². The Morgan fingerprint density at radius 1 is 1.16 bits per heavy atom. The highest BCUT2D eigenvalue weighted by Gasteiger charge is 2.22. The number of aromatic nitrogens is 3. The van der Waals surface area contributed by atoms with E-state index in [-0.39, 0.29) is 6.03 Å². The summed E-state index contributed by atoms with van der Waals surface area (Å²) in [7, 11) is 3.15. The molecule has 0 atom stereocenters. The van der Waals surface area contributed by atoms with Gasteiger partial charge in [-0.05, 0) is 37.1 Å². The molecular weight excluding hydrogens is 394 g/mol. The van der Waals surface area contributed by atoms with Crippen LogP contribution in [0.3, 0.4) is 0 Å². The predicted molar refractivity (Wildman–Crippen MR) is 120 cm³/mol. The van der Waals surface area contributed by atoms with E-state index >= 15 is 0 Å².